The van der Waals surface area contributed by atoms with Crippen molar-refractivity contribution in [2.24, 2.45) is 0 Å². The van der Waals surface area contributed by atoms with Gasteiger partial charge in [0, 0.05) is 11.6 Å². The monoisotopic (exact) mass is 469 g/mol. The molecule has 1 aliphatic carbocycles. The molecule has 1 N–H and O–H groups in total. The zero-order chi connectivity index (χ0) is 21.4. The molecule has 1 aliphatic heterocycles. The Hall–Kier alpha value is -2.60. The lowest BCUT2D eigenvalue weighted by Crippen LogP contribution is -2.37. The second kappa shape index (κ2) is 8.26. The van der Waals surface area contributed by atoms with E-state index in [1.54, 1.807) is 30.2 Å². The zero-order valence-corrected chi connectivity index (χ0v) is 18.6. The van der Waals surface area contributed by atoms with Crippen LogP contribution in [0.3, 0.4) is 0 Å². The van der Waals surface area contributed by atoms with Gasteiger partial charge in [0.05, 0.1) is 23.2 Å². The van der Waals surface area contributed by atoms with Gasteiger partial charge in [-0.05, 0) is 59.5 Å². The first kappa shape index (κ1) is 20.7. The van der Waals surface area contributed by atoms with Gasteiger partial charge in [-0.1, -0.05) is 42.7 Å². The van der Waals surface area contributed by atoms with Gasteiger partial charge in [0.25, 0.3) is 11.7 Å². The number of likely N-dealkylation sites (tertiary alicyclic amines) is 1. The molecule has 1 amide bonds. The Bertz CT molecular complexity index is 1040. The number of carbonyl (C=O) groups excluding carboxylic acids is 2. The van der Waals surface area contributed by atoms with E-state index in [4.69, 9.17) is 4.74 Å². The zero-order valence-electron chi connectivity index (χ0n) is 17.0. The number of halogens is 1. The number of aliphatic hydroxyl groups excluding tert-OH is 1. The summed E-state index contributed by atoms with van der Waals surface area (Å²) >= 11 is 3.43. The third-order valence-electron chi connectivity index (χ3n) is 5.98. The van der Waals surface area contributed by atoms with Gasteiger partial charge in [-0.3, -0.25) is 9.59 Å². The maximum absolute atomic E-state index is 13.1. The van der Waals surface area contributed by atoms with Crippen LogP contribution in [0.2, 0.25) is 0 Å². The fraction of sp³-hybridized carbons (Fsp3) is 0.333. The molecule has 1 saturated carbocycles. The summed E-state index contributed by atoms with van der Waals surface area (Å²) in [4.78, 5) is 27.9. The summed E-state index contributed by atoms with van der Waals surface area (Å²) in [6, 6.07) is 12.3. The number of hydrogen-bond donors (Lipinski definition) is 1. The minimum absolute atomic E-state index is 0.0138. The molecule has 30 heavy (non-hydrogen) atoms. The number of amides is 1. The molecule has 0 bridgehead atoms. The van der Waals surface area contributed by atoms with Gasteiger partial charge in [0.2, 0.25) is 0 Å². The minimum atomic E-state index is -0.627. The third kappa shape index (κ3) is 3.54. The lowest BCUT2D eigenvalue weighted by Gasteiger charge is -2.31. The number of aryl methyl sites for hydroxylation is 1. The van der Waals surface area contributed by atoms with Gasteiger partial charge in [-0.15, -0.1) is 0 Å². The van der Waals surface area contributed by atoms with Crippen molar-refractivity contribution in [2.75, 3.05) is 7.11 Å². The maximum atomic E-state index is 13.1. The van der Waals surface area contributed by atoms with Crippen LogP contribution in [-0.4, -0.2) is 34.8 Å². The second-order valence-corrected chi connectivity index (χ2v) is 8.76. The highest BCUT2D eigenvalue weighted by atomic mass is 79.9. The van der Waals surface area contributed by atoms with E-state index in [9.17, 15) is 14.7 Å². The van der Waals surface area contributed by atoms with Crippen LogP contribution < -0.4 is 4.74 Å². The van der Waals surface area contributed by atoms with E-state index in [-0.39, 0.29) is 17.4 Å². The maximum Gasteiger partial charge on any atom is 0.295 e. The summed E-state index contributed by atoms with van der Waals surface area (Å²) in [5, 5.41) is 11.2. The van der Waals surface area contributed by atoms with Gasteiger partial charge >= 0.3 is 0 Å². The second-order valence-electron chi connectivity index (χ2n) is 7.91. The molecule has 0 spiro atoms. The Kier molecular flexibility index (Phi) is 5.69. The highest BCUT2D eigenvalue weighted by Gasteiger charge is 2.49. The Morgan fingerprint density at radius 3 is 2.50 bits per heavy atom. The van der Waals surface area contributed by atoms with E-state index in [2.05, 4.69) is 15.9 Å². The molecule has 1 saturated heterocycles. The predicted octanol–water partition coefficient (Wildman–Crippen LogP) is 5.13. The Balaban J connectivity index is 1.89. The van der Waals surface area contributed by atoms with Crippen molar-refractivity contribution < 1.29 is 19.4 Å². The van der Waals surface area contributed by atoms with E-state index in [0.717, 1.165) is 36.8 Å². The molecule has 2 fully saturated rings. The standard InChI is InChI=1S/C24H24BrNO4/c1-14-6-5-7-15(12-14)21-20(22(27)16-10-11-19(30-2)18(25)13-16)23(28)24(29)26(21)17-8-3-4-9-17/h5-7,10-13,17,21,27H,3-4,8-9H2,1-2H3/b22-20-. The van der Waals surface area contributed by atoms with Gasteiger partial charge in [-0.2, -0.15) is 0 Å². The average Bonchev–Trinajstić information content (AvgIpc) is 3.34. The largest absolute Gasteiger partial charge is 0.507 e. The summed E-state index contributed by atoms with van der Waals surface area (Å²) in [7, 11) is 1.56. The summed E-state index contributed by atoms with van der Waals surface area (Å²) in [5.74, 6) is -0.697. The van der Waals surface area contributed by atoms with Crippen molar-refractivity contribution in [3.05, 3.63) is 69.2 Å². The Labute approximate surface area is 184 Å². The number of aliphatic hydroxyl groups is 1. The van der Waals surface area contributed by atoms with E-state index in [1.807, 2.05) is 31.2 Å². The fourth-order valence-corrected chi connectivity index (χ4v) is 5.09. The first-order chi connectivity index (χ1) is 14.4. The van der Waals surface area contributed by atoms with E-state index >= 15 is 0 Å². The third-order valence-corrected chi connectivity index (χ3v) is 6.60. The molecule has 0 aromatic heterocycles. The van der Waals surface area contributed by atoms with Crippen molar-refractivity contribution in [3.63, 3.8) is 0 Å². The first-order valence-electron chi connectivity index (χ1n) is 10.1. The van der Waals surface area contributed by atoms with Crippen LogP contribution in [0.4, 0.5) is 0 Å². The number of benzene rings is 2. The number of hydrogen-bond acceptors (Lipinski definition) is 4. The van der Waals surface area contributed by atoms with Crippen molar-refractivity contribution >= 4 is 33.4 Å². The van der Waals surface area contributed by atoms with Gasteiger partial charge in [0.15, 0.2) is 0 Å². The number of nitrogens with zero attached hydrogens (tertiary/aromatic N) is 1. The van der Waals surface area contributed by atoms with Crippen LogP contribution >= 0.6 is 15.9 Å². The summed E-state index contributed by atoms with van der Waals surface area (Å²) in [6.45, 7) is 1.98. The number of methoxy groups -OCH3 is 1. The molecular formula is C24H24BrNO4. The number of ether oxygens (including phenoxy) is 1. The van der Waals surface area contributed by atoms with Gasteiger partial charge in [0.1, 0.15) is 11.5 Å². The van der Waals surface area contributed by atoms with Crippen molar-refractivity contribution in [1.29, 1.82) is 0 Å². The van der Waals surface area contributed by atoms with Crippen LogP contribution in [0.15, 0.2) is 52.5 Å². The molecule has 2 aromatic rings. The number of Topliss-reactive ketones (excluding diaryl/α,β-unsaturated/α-hetero) is 1. The van der Waals surface area contributed by atoms with Crippen molar-refractivity contribution in [2.45, 2.75) is 44.7 Å². The highest BCUT2D eigenvalue weighted by Crippen LogP contribution is 2.44. The molecule has 6 heteroatoms. The van der Waals surface area contributed by atoms with Gasteiger partial charge in [-0.25, -0.2) is 0 Å². The quantitative estimate of drug-likeness (QED) is 0.382. The van der Waals surface area contributed by atoms with E-state index < -0.39 is 17.7 Å². The Morgan fingerprint density at radius 1 is 1.13 bits per heavy atom. The number of ketones is 1. The number of rotatable bonds is 4. The molecule has 1 unspecified atom stereocenters. The molecule has 1 heterocycles. The normalized spacial score (nSPS) is 21.4. The lowest BCUT2D eigenvalue weighted by molar-refractivity contribution is -0.141. The van der Waals surface area contributed by atoms with Crippen LogP contribution in [0.5, 0.6) is 5.75 Å². The molecule has 156 valence electrons. The predicted molar refractivity (Wildman–Crippen MR) is 118 cm³/mol. The van der Waals surface area contributed by atoms with Crippen LogP contribution in [-0.2, 0) is 9.59 Å². The summed E-state index contributed by atoms with van der Waals surface area (Å²) < 4.78 is 5.92. The summed E-state index contributed by atoms with van der Waals surface area (Å²) in [5.41, 5.74) is 2.49. The van der Waals surface area contributed by atoms with Crippen LogP contribution in [0.25, 0.3) is 5.76 Å². The molecule has 5 nitrogen and oxygen atoms in total. The topological polar surface area (TPSA) is 66.8 Å². The molecule has 2 aliphatic rings. The smallest absolute Gasteiger partial charge is 0.295 e. The first-order valence-corrected chi connectivity index (χ1v) is 10.9. The van der Waals surface area contributed by atoms with Crippen LogP contribution in [0, 0.1) is 6.92 Å². The highest BCUT2D eigenvalue weighted by molar-refractivity contribution is 9.10. The molecule has 0 radical (unpaired) electrons. The van der Waals surface area contributed by atoms with Gasteiger partial charge < -0.3 is 14.7 Å². The van der Waals surface area contributed by atoms with Crippen molar-refractivity contribution in [3.8, 4) is 5.75 Å². The molecule has 1 atom stereocenters. The van der Waals surface area contributed by atoms with E-state index in [1.165, 1.54) is 0 Å². The SMILES string of the molecule is COc1ccc(/C(O)=C2/C(=O)C(=O)N(C3CCCC3)C2c2cccc(C)c2)cc1Br. The molecular weight excluding hydrogens is 446 g/mol. The summed E-state index contributed by atoms with van der Waals surface area (Å²) in [6.07, 6.45) is 3.84. The lowest BCUT2D eigenvalue weighted by atomic mass is 9.93. The fourth-order valence-electron chi connectivity index (χ4n) is 4.55. The Morgan fingerprint density at radius 2 is 1.87 bits per heavy atom. The number of carbonyl (C=O) groups is 2. The average molecular weight is 470 g/mol. The molecule has 4 rings (SSSR count). The van der Waals surface area contributed by atoms with Crippen LogP contribution in [0.1, 0.15) is 48.4 Å². The molecule has 2 aromatic carbocycles. The van der Waals surface area contributed by atoms with Crippen molar-refractivity contribution in [1.82, 2.24) is 4.90 Å². The minimum Gasteiger partial charge on any atom is -0.507 e. The van der Waals surface area contributed by atoms with E-state index in [0.29, 0.717) is 15.8 Å².